The highest BCUT2D eigenvalue weighted by Gasteiger charge is 2.44. The first-order valence-corrected chi connectivity index (χ1v) is 7.47. The van der Waals surface area contributed by atoms with Crippen LogP contribution in [-0.2, 0) is 0 Å². The van der Waals surface area contributed by atoms with Crippen LogP contribution in [0.25, 0.3) is 0 Å². The molecular formula is C15H31N. The smallest absolute Gasteiger partial charge is 0.00670 e. The van der Waals surface area contributed by atoms with E-state index in [2.05, 4.69) is 13.8 Å². The second-order valence-electron chi connectivity index (χ2n) is 5.88. The van der Waals surface area contributed by atoms with E-state index in [1.165, 1.54) is 70.6 Å². The molecule has 0 radical (unpaired) electrons. The molecule has 1 saturated carbocycles. The van der Waals surface area contributed by atoms with Crippen molar-refractivity contribution in [1.29, 1.82) is 0 Å². The average Bonchev–Trinajstić information content (AvgIpc) is 3.03. The van der Waals surface area contributed by atoms with Crippen LogP contribution in [0.3, 0.4) is 0 Å². The van der Waals surface area contributed by atoms with Crippen LogP contribution in [0.15, 0.2) is 0 Å². The summed E-state index contributed by atoms with van der Waals surface area (Å²) in [5.74, 6) is 0. The molecule has 1 atom stereocenters. The summed E-state index contributed by atoms with van der Waals surface area (Å²) in [6.07, 6.45) is 15.6. The van der Waals surface area contributed by atoms with Crippen molar-refractivity contribution in [3.05, 3.63) is 0 Å². The second-order valence-corrected chi connectivity index (χ2v) is 5.88. The third-order valence-electron chi connectivity index (χ3n) is 4.39. The van der Waals surface area contributed by atoms with E-state index in [4.69, 9.17) is 5.73 Å². The third-order valence-corrected chi connectivity index (χ3v) is 4.39. The molecule has 0 saturated heterocycles. The van der Waals surface area contributed by atoms with Crippen LogP contribution in [0.4, 0.5) is 0 Å². The van der Waals surface area contributed by atoms with E-state index in [9.17, 15) is 0 Å². The molecule has 96 valence electrons. The molecule has 1 aliphatic rings. The Bertz CT molecular complexity index is 170. The van der Waals surface area contributed by atoms with Crippen molar-refractivity contribution in [2.75, 3.05) is 0 Å². The van der Waals surface area contributed by atoms with Gasteiger partial charge in [0, 0.05) is 6.04 Å². The summed E-state index contributed by atoms with van der Waals surface area (Å²) in [5.41, 5.74) is 6.60. The third kappa shape index (κ3) is 4.86. The zero-order valence-electron chi connectivity index (χ0n) is 11.4. The Kier molecular flexibility index (Phi) is 6.41. The lowest BCUT2D eigenvalue weighted by molar-refractivity contribution is 0.370. The summed E-state index contributed by atoms with van der Waals surface area (Å²) in [5, 5.41) is 0. The first kappa shape index (κ1) is 14.0. The van der Waals surface area contributed by atoms with Crippen LogP contribution in [0.2, 0.25) is 0 Å². The van der Waals surface area contributed by atoms with Crippen LogP contribution < -0.4 is 5.73 Å². The molecule has 0 amide bonds. The molecule has 0 aromatic heterocycles. The van der Waals surface area contributed by atoms with Gasteiger partial charge in [-0.2, -0.15) is 0 Å². The molecule has 1 unspecified atom stereocenters. The summed E-state index contributed by atoms with van der Waals surface area (Å²) < 4.78 is 0. The van der Waals surface area contributed by atoms with E-state index in [1.807, 2.05) is 0 Å². The Hall–Kier alpha value is -0.0400. The minimum absolute atomic E-state index is 0.428. The van der Waals surface area contributed by atoms with Crippen molar-refractivity contribution < 1.29 is 0 Å². The summed E-state index contributed by atoms with van der Waals surface area (Å²) in [4.78, 5) is 0. The summed E-state index contributed by atoms with van der Waals surface area (Å²) in [6, 6.07) is 0.428. The zero-order chi connectivity index (χ0) is 11.9. The normalized spacial score (nSPS) is 19.7. The summed E-state index contributed by atoms with van der Waals surface area (Å²) in [7, 11) is 0. The molecule has 1 aliphatic carbocycles. The number of unbranched alkanes of at least 4 members (excludes halogenated alkanes) is 7. The van der Waals surface area contributed by atoms with E-state index in [-0.39, 0.29) is 0 Å². The second kappa shape index (κ2) is 7.32. The number of nitrogens with two attached hydrogens (primary N) is 1. The highest BCUT2D eigenvalue weighted by Crippen LogP contribution is 2.52. The van der Waals surface area contributed by atoms with Gasteiger partial charge in [0.1, 0.15) is 0 Å². The summed E-state index contributed by atoms with van der Waals surface area (Å²) >= 11 is 0. The van der Waals surface area contributed by atoms with Crippen molar-refractivity contribution in [2.45, 2.75) is 90.5 Å². The van der Waals surface area contributed by atoms with E-state index in [0.717, 1.165) is 0 Å². The van der Waals surface area contributed by atoms with Gasteiger partial charge in [-0.3, -0.25) is 0 Å². The zero-order valence-corrected chi connectivity index (χ0v) is 11.4. The molecule has 1 nitrogen and oxygen atoms in total. The fourth-order valence-corrected chi connectivity index (χ4v) is 2.70. The molecule has 0 heterocycles. The SMILES string of the molecule is CCCCCCCCCCC1(C(C)N)CC1. The van der Waals surface area contributed by atoms with Crippen LogP contribution in [0.1, 0.15) is 84.5 Å². The highest BCUT2D eigenvalue weighted by atomic mass is 14.7. The van der Waals surface area contributed by atoms with E-state index in [0.29, 0.717) is 11.5 Å². The van der Waals surface area contributed by atoms with Crippen molar-refractivity contribution in [3.63, 3.8) is 0 Å². The Labute approximate surface area is 102 Å². The van der Waals surface area contributed by atoms with E-state index in [1.54, 1.807) is 0 Å². The average molecular weight is 225 g/mol. The maximum absolute atomic E-state index is 6.03. The lowest BCUT2D eigenvalue weighted by atomic mass is 9.91. The molecule has 0 aliphatic heterocycles. The van der Waals surface area contributed by atoms with Crippen LogP contribution >= 0.6 is 0 Å². The first-order valence-electron chi connectivity index (χ1n) is 7.47. The largest absolute Gasteiger partial charge is 0.327 e. The number of hydrogen-bond donors (Lipinski definition) is 1. The van der Waals surface area contributed by atoms with Gasteiger partial charge in [-0.1, -0.05) is 58.3 Å². The molecule has 0 aromatic carbocycles. The van der Waals surface area contributed by atoms with Gasteiger partial charge in [-0.15, -0.1) is 0 Å². The predicted octanol–water partition coefficient (Wildman–Crippen LogP) is 4.64. The molecule has 1 heteroatoms. The van der Waals surface area contributed by atoms with Crippen LogP contribution in [0.5, 0.6) is 0 Å². The van der Waals surface area contributed by atoms with Gasteiger partial charge in [0.25, 0.3) is 0 Å². The van der Waals surface area contributed by atoms with Crippen molar-refractivity contribution in [3.8, 4) is 0 Å². The molecule has 0 aromatic rings. The molecule has 0 bridgehead atoms. The Morgan fingerprint density at radius 1 is 0.938 bits per heavy atom. The lowest BCUT2D eigenvalue weighted by Crippen LogP contribution is -2.27. The molecular weight excluding hydrogens is 194 g/mol. The number of hydrogen-bond acceptors (Lipinski definition) is 1. The maximum Gasteiger partial charge on any atom is 0.00670 e. The van der Waals surface area contributed by atoms with Gasteiger partial charge < -0.3 is 5.73 Å². The lowest BCUT2D eigenvalue weighted by Gasteiger charge is -2.19. The fraction of sp³-hybridized carbons (Fsp3) is 1.00. The molecule has 2 N–H and O–H groups in total. The van der Waals surface area contributed by atoms with Crippen molar-refractivity contribution >= 4 is 0 Å². The minimum atomic E-state index is 0.428. The van der Waals surface area contributed by atoms with Gasteiger partial charge in [0.15, 0.2) is 0 Å². The molecule has 16 heavy (non-hydrogen) atoms. The molecule has 1 rings (SSSR count). The predicted molar refractivity (Wildman–Crippen MR) is 72.5 cm³/mol. The van der Waals surface area contributed by atoms with Crippen molar-refractivity contribution in [1.82, 2.24) is 0 Å². The Balaban J connectivity index is 1.85. The Morgan fingerprint density at radius 3 is 1.88 bits per heavy atom. The van der Waals surface area contributed by atoms with E-state index < -0.39 is 0 Å². The van der Waals surface area contributed by atoms with E-state index >= 15 is 0 Å². The Morgan fingerprint density at radius 2 is 1.44 bits per heavy atom. The standard InChI is InChI=1S/C15H31N/c1-3-4-5-6-7-8-9-10-11-15(12-13-15)14(2)16/h14H,3-13,16H2,1-2H3. The van der Waals surface area contributed by atoms with Crippen LogP contribution in [-0.4, -0.2) is 6.04 Å². The van der Waals surface area contributed by atoms with Crippen molar-refractivity contribution in [2.24, 2.45) is 11.1 Å². The molecule has 1 fully saturated rings. The first-order chi connectivity index (χ1) is 7.71. The maximum atomic E-state index is 6.03. The van der Waals surface area contributed by atoms with Crippen LogP contribution in [0, 0.1) is 5.41 Å². The minimum Gasteiger partial charge on any atom is -0.327 e. The van der Waals surface area contributed by atoms with Gasteiger partial charge in [0.05, 0.1) is 0 Å². The van der Waals surface area contributed by atoms with Gasteiger partial charge in [0.2, 0.25) is 0 Å². The quantitative estimate of drug-likeness (QED) is 0.538. The molecule has 0 spiro atoms. The van der Waals surface area contributed by atoms with Gasteiger partial charge in [-0.25, -0.2) is 0 Å². The topological polar surface area (TPSA) is 26.0 Å². The fourth-order valence-electron chi connectivity index (χ4n) is 2.70. The highest BCUT2D eigenvalue weighted by molar-refractivity contribution is 4.98. The number of rotatable bonds is 10. The van der Waals surface area contributed by atoms with Gasteiger partial charge in [-0.05, 0) is 31.6 Å². The monoisotopic (exact) mass is 225 g/mol. The van der Waals surface area contributed by atoms with Gasteiger partial charge >= 0.3 is 0 Å². The summed E-state index contributed by atoms with van der Waals surface area (Å²) in [6.45, 7) is 4.47.